The molecule has 172 valence electrons. The standard InChI is InChI=1S/C28H38N2O2/c1-7-19-20(8-2)25(29-23(19)11-5)24(18-16-14-13-15-17-18)26-21(9-3)22(10-4)27(30-26)28(31)32-12-6/h13-17,24,29-30H,7-12H2,1-6H3. The van der Waals surface area contributed by atoms with Gasteiger partial charge in [-0.2, -0.15) is 0 Å². The number of hydrogen-bond donors (Lipinski definition) is 2. The lowest BCUT2D eigenvalue weighted by Gasteiger charge is -2.20. The maximum atomic E-state index is 12.8. The molecule has 0 aliphatic carbocycles. The Hall–Kier alpha value is -2.75. The third kappa shape index (κ3) is 4.28. The topological polar surface area (TPSA) is 57.9 Å². The van der Waals surface area contributed by atoms with Gasteiger partial charge in [-0.3, -0.25) is 0 Å². The maximum absolute atomic E-state index is 12.8. The highest BCUT2D eigenvalue weighted by Gasteiger charge is 2.30. The van der Waals surface area contributed by atoms with E-state index < -0.39 is 0 Å². The summed E-state index contributed by atoms with van der Waals surface area (Å²) in [7, 11) is 0. The van der Waals surface area contributed by atoms with Crippen LogP contribution in [0.2, 0.25) is 0 Å². The van der Waals surface area contributed by atoms with Crippen LogP contribution in [0.4, 0.5) is 0 Å². The largest absolute Gasteiger partial charge is 0.461 e. The Morgan fingerprint density at radius 3 is 1.84 bits per heavy atom. The highest BCUT2D eigenvalue weighted by atomic mass is 16.5. The zero-order valence-electron chi connectivity index (χ0n) is 20.5. The number of carbonyl (C=O) groups excluding carboxylic acids is 1. The number of carbonyl (C=O) groups is 1. The lowest BCUT2D eigenvalue weighted by atomic mass is 9.85. The molecule has 4 heteroatoms. The Morgan fingerprint density at radius 1 is 0.750 bits per heavy atom. The Bertz CT molecular complexity index is 1040. The lowest BCUT2D eigenvalue weighted by Crippen LogP contribution is -2.10. The van der Waals surface area contributed by atoms with Crippen LogP contribution >= 0.6 is 0 Å². The number of hydrogen-bond acceptors (Lipinski definition) is 2. The number of H-pyrrole nitrogens is 2. The molecule has 0 bridgehead atoms. The summed E-state index contributed by atoms with van der Waals surface area (Å²) in [6, 6.07) is 10.6. The van der Waals surface area contributed by atoms with E-state index in [0.717, 1.165) is 43.4 Å². The smallest absolute Gasteiger partial charge is 0.355 e. The Balaban J connectivity index is 2.33. The molecule has 1 aromatic carbocycles. The van der Waals surface area contributed by atoms with Crippen LogP contribution in [0.5, 0.6) is 0 Å². The predicted molar refractivity (Wildman–Crippen MR) is 132 cm³/mol. The molecule has 0 aliphatic rings. The molecule has 0 radical (unpaired) electrons. The van der Waals surface area contributed by atoms with E-state index in [-0.39, 0.29) is 11.9 Å². The zero-order chi connectivity index (χ0) is 23.3. The van der Waals surface area contributed by atoms with Crippen LogP contribution in [0, 0.1) is 0 Å². The van der Waals surface area contributed by atoms with Gasteiger partial charge in [-0.1, -0.05) is 65.0 Å². The monoisotopic (exact) mass is 434 g/mol. The van der Waals surface area contributed by atoms with Gasteiger partial charge in [0.05, 0.1) is 12.5 Å². The Labute approximate surface area is 192 Å². The number of ether oxygens (including phenoxy) is 1. The van der Waals surface area contributed by atoms with Crippen molar-refractivity contribution in [3.63, 3.8) is 0 Å². The number of aromatic amines is 2. The minimum Gasteiger partial charge on any atom is -0.461 e. The summed E-state index contributed by atoms with van der Waals surface area (Å²) < 4.78 is 5.40. The number of rotatable bonds is 10. The summed E-state index contributed by atoms with van der Waals surface area (Å²) in [5.74, 6) is -0.247. The highest BCUT2D eigenvalue weighted by Crippen LogP contribution is 2.39. The van der Waals surface area contributed by atoms with Crippen molar-refractivity contribution in [2.75, 3.05) is 6.61 Å². The van der Waals surface area contributed by atoms with Crippen LogP contribution in [0.3, 0.4) is 0 Å². The van der Waals surface area contributed by atoms with Gasteiger partial charge in [-0.05, 0) is 66.8 Å². The van der Waals surface area contributed by atoms with Crippen LogP contribution in [0.25, 0.3) is 0 Å². The molecule has 3 rings (SSSR count). The van der Waals surface area contributed by atoms with Crippen LogP contribution in [0.1, 0.15) is 103 Å². The Kier molecular flexibility index (Phi) is 8.00. The SMILES string of the molecule is CCOC(=O)c1[nH]c(C(c2ccccc2)c2[nH]c(CC)c(CC)c2CC)c(CC)c1CC. The van der Waals surface area contributed by atoms with E-state index >= 15 is 0 Å². The van der Waals surface area contributed by atoms with E-state index in [4.69, 9.17) is 4.74 Å². The molecule has 2 aromatic heterocycles. The predicted octanol–water partition coefficient (Wildman–Crippen LogP) is 6.51. The first-order valence-corrected chi connectivity index (χ1v) is 12.2. The van der Waals surface area contributed by atoms with Crippen molar-refractivity contribution >= 4 is 5.97 Å². The van der Waals surface area contributed by atoms with E-state index in [1.165, 1.54) is 33.6 Å². The van der Waals surface area contributed by atoms with Gasteiger partial charge < -0.3 is 14.7 Å². The van der Waals surface area contributed by atoms with Gasteiger partial charge in [0.1, 0.15) is 5.69 Å². The van der Waals surface area contributed by atoms with Crippen molar-refractivity contribution in [1.82, 2.24) is 9.97 Å². The van der Waals surface area contributed by atoms with Gasteiger partial charge in [0.15, 0.2) is 0 Å². The number of benzene rings is 1. The van der Waals surface area contributed by atoms with Crippen molar-refractivity contribution in [2.45, 2.75) is 79.6 Å². The molecule has 1 unspecified atom stereocenters. The summed E-state index contributed by atoms with van der Waals surface area (Å²) in [4.78, 5) is 20.2. The second-order valence-corrected chi connectivity index (χ2v) is 8.18. The fourth-order valence-electron chi connectivity index (χ4n) is 5.18. The van der Waals surface area contributed by atoms with Crippen molar-refractivity contribution < 1.29 is 9.53 Å². The first-order valence-electron chi connectivity index (χ1n) is 12.2. The van der Waals surface area contributed by atoms with E-state index in [2.05, 4.69) is 74.9 Å². The quantitative estimate of drug-likeness (QED) is 0.357. The Morgan fingerprint density at radius 2 is 1.31 bits per heavy atom. The zero-order valence-corrected chi connectivity index (χ0v) is 20.5. The van der Waals surface area contributed by atoms with E-state index in [0.29, 0.717) is 12.3 Å². The number of aromatic nitrogens is 2. The molecule has 0 saturated heterocycles. The molecule has 0 spiro atoms. The van der Waals surface area contributed by atoms with Gasteiger partial charge in [-0.15, -0.1) is 0 Å². The molecule has 2 heterocycles. The highest BCUT2D eigenvalue weighted by molar-refractivity contribution is 5.90. The third-order valence-electron chi connectivity index (χ3n) is 6.55. The molecule has 4 nitrogen and oxygen atoms in total. The van der Waals surface area contributed by atoms with Gasteiger partial charge >= 0.3 is 5.97 Å². The molecule has 2 N–H and O–H groups in total. The van der Waals surface area contributed by atoms with Crippen LogP contribution in [-0.4, -0.2) is 22.5 Å². The maximum Gasteiger partial charge on any atom is 0.355 e. The fraction of sp³-hybridized carbons (Fsp3) is 0.464. The summed E-state index contributed by atoms with van der Waals surface area (Å²) in [5, 5.41) is 0. The minimum absolute atomic E-state index is 0.0141. The van der Waals surface area contributed by atoms with E-state index in [9.17, 15) is 4.79 Å². The fourth-order valence-corrected chi connectivity index (χ4v) is 5.18. The van der Waals surface area contributed by atoms with Gasteiger partial charge in [0.2, 0.25) is 0 Å². The first-order chi connectivity index (χ1) is 15.6. The van der Waals surface area contributed by atoms with Crippen LogP contribution < -0.4 is 0 Å². The average Bonchev–Trinajstić information content (AvgIpc) is 3.37. The van der Waals surface area contributed by atoms with Crippen molar-refractivity contribution in [2.24, 2.45) is 0 Å². The molecule has 0 fully saturated rings. The molecular weight excluding hydrogens is 396 g/mol. The van der Waals surface area contributed by atoms with E-state index in [1.54, 1.807) is 0 Å². The van der Waals surface area contributed by atoms with Crippen LogP contribution in [-0.2, 0) is 36.8 Å². The molecule has 32 heavy (non-hydrogen) atoms. The number of aryl methyl sites for hydroxylation is 1. The van der Waals surface area contributed by atoms with Gasteiger partial charge in [0, 0.05) is 17.1 Å². The second-order valence-electron chi connectivity index (χ2n) is 8.18. The number of nitrogens with one attached hydrogen (secondary N) is 2. The normalized spacial score (nSPS) is 12.2. The van der Waals surface area contributed by atoms with Crippen LogP contribution in [0.15, 0.2) is 30.3 Å². The molecule has 3 aromatic rings. The van der Waals surface area contributed by atoms with Crippen molar-refractivity contribution in [1.29, 1.82) is 0 Å². The van der Waals surface area contributed by atoms with Crippen molar-refractivity contribution in [3.8, 4) is 0 Å². The van der Waals surface area contributed by atoms with E-state index in [1.807, 2.05) is 6.92 Å². The molecule has 0 saturated carbocycles. The second kappa shape index (κ2) is 10.7. The molecule has 0 aliphatic heterocycles. The average molecular weight is 435 g/mol. The number of esters is 1. The van der Waals surface area contributed by atoms with Crippen molar-refractivity contribution in [3.05, 3.63) is 80.9 Å². The third-order valence-corrected chi connectivity index (χ3v) is 6.55. The summed E-state index contributed by atoms with van der Waals surface area (Å²) >= 11 is 0. The summed E-state index contributed by atoms with van der Waals surface area (Å²) in [6.07, 6.45) is 4.63. The lowest BCUT2D eigenvalue weighted by molar-refractivity contribution is 0.0518. The molecule has 0 amide bonds. The molecule has 1 atom stereocenters. The van der Waals surface area contributed by atoms with Gasteiger partial charge in [0.25, 0.3) is 0 Å². The first kappa shape index (κ1) is 23.9. The summed E-state index contributed by atoms with van der Waals surface area (Å²) in [5.41, 5.74) is 10.7. The molecular formula is C28H38N2O2. The van der Waals surface area contributed by atoms with Gasteiger partial charge in [-0.25, -0.2) is 4.79 Å². The summed E-state index contributed by atoms with van der Waals surface area (Å²) in [6.45, 7) is 13.2. The minimum atomic E-state index is -0.261.